The highest BCUT2D eigenvalue weighted by molar-refractivity contribution is 7.91. The number of aryl methyl sites for hydroxylation is 2. The summed E-state index contributed by atoms with van der Waals surface area (Å²) in [4.78, 5) is 31.7. The van der Waals surface area contributed by atoms with Crippen molar-refractivity contribution in [2.24, 2.45) is 35.5 Å². The Labute approximate surface area is 541 Å². The van der Waals surface area contributed by atoms with Crippen LogP contribution in [0.3, 0.4) is 0 Å². The predicted octanol–water partition coefficient (Wildman–Crippen LogP) is 11.3. The maximum absolute atomic E-state index is 13.5. The molecule has 4 spiro atoms. The van der Waals surface area contributed by atoms with Crippen LogP contribution in [0, 0.1) is 35.5 Å². The summed E-state index contributed by atoms with van der Waals surface area (Å²) in [6, 6.07) is 23.1. The van der Waals surface area contributed by atoms with Crippen molar-refractivity contribution in [3.05, 3.63) is 141 Å². The van der Waals surface area contributed by atoms with Crippen LogP contribution in [0.2, 0.25) is 10.0 Å². The minimum absolute atomic E-state index is 0.210. The van der Waals surface area contributed by atoms with E-state index in [-0.39, 0.29) is 34.5 Å². The van der Waals surface area contributed by atoms with Gasteiger partial charge in [0.1, 0.15) is 22.7 Å². The van der Waals surface area contributed by atoms with Gasteiger partial charge in [-0.3, -0.25) is 9.59 Å². The molecule has 4 aromatic rings. The van der Waals surface area contributed by atoms with E-state index < -0.39 is 53.6 Å². The number of hydrogen-bond acceptors (Lipinski definition) is 14. The van der Waals surface area contributed by atoms with Crippen LogP contribution in [-0.4, -0.2) is 129 Å². The van der Waals surface area contributed by atoms with Crippen LogP contribution < -0.4 is 28.7 Å². The monoisotopic (exact) mass is 1310 g/mol. The first-order valence-electron chi connectivity index (χ1n) is 32.7. The van der Waals surface area contributed by atoms with Crippen molar-refractivity contribution in [1.29, 1.82) is 0 Å². The molecule has 2 N–H and O–H groups in total. The van der Waals surface area contributed by atoms with E-state index >= 15 is 0 Å². The molecule has 10 aliphatic rings. The number of amides is 2. The largest absolute Gasteiger partial charge is 0.490 e. The summed E-state index contributed by atoms with van der Waals surface area (Å²) in [5.74, 6) is 0.948. The summed E-state index contributed by atoms with van der Waals surface area (Å²) in [6.45, 7) is 14.3. The van der Waals surface area contributed by atoms with Gasteiger partial charge in [-0.15, -0.1) is 0 Å². The number of anilines is 2. The Morgan fingerprint density at radius 3 is 1.36 bits per heavy atom. The molecule has 6 heterocycles. The van der Waals surface area contributed by atoms with E-state index in [1.165, 1.54) is 22.3 Å². The fraction of sp³-hybridized carbons (Fsp3) is 0.571. The summed E-state index contributed by atoms with van der Waals surface area (Å²) >= 11 is 12.9. The molecule has 12 atom stereocenters. The lowest BCUT2D eigenvalue weighted by molar-refractivity contribution is -0.182. The van der Waals surface area contributed by atoms with Gasteiger partial charge in [0.25, 0.3) is 11.8 Å². The van der Waals surface area contributed by atoms with Crippen LogP contribution in [0.4, 0.5) is 11.4 Å². The van der Waals surface area contributed by atoms with Crippen LogP contribution in [-0.2, 0) is 62.7 Å². The smallest absolute Gasteiger partial charge is 0.264 e. The molecule has 0 radical (unpaired) electrons. The predicted molar refractivity (Wildman–Crippen MR) is 349 cm³/mol. The Kier molecular flexibility index (Phi) is 17.9. The number of sulfonamides is 2. The zero-order valence-electron chi connectivity index (χ0n) is 52.2. The van der Waals surface area contributed by atoms with Crippen molar-refractivity contribution in [1.82, 2.24) is 9.44 Å². The maximum atomic E-state index is 13.5. The number of nitrogens with one attached hydrogen (secondary N) is 2. The summed E-state index contributed by atoms with van der Waals surface area (Å²) in [6.07, 6.45) is 19.7. The molecule has 4 bridgehead atoms. The van der Waals surface area contributed by atoms with Gasteiger partial charge in [-0.05, 0) is 209 Å². The van der Waals surface area contributed by atoms with E-state index in [0.717, 1.165) is 112 Å². The molecule has 16 nitrogen and oxygen atoms in total. The molecule has 484 valence electrons. The average Bonchev–Trinajstić information content (AvgIpc) is 1.34. The lowest BCUT2D eigenvalue weighted by atomic mass is 9.64. The minimum Gasteiger partial charge on any atom is -0.490 e. The van der Waals surface area contributed by atoms with Gasteiger partial charge in [-0.1, -0.05) is 73.5 Å². The summed E-state index contributed by atoms with van der Waals surface area (Å²) in [5, 5.41) is -0.0488. The first-order chi connectivity index (χ1) is 43.2. The summed E-state index contributed by atoms with van der Waals surface area (Å²) in [7, 11) is -7.85. The minimum atomic E-state index is -3.92. The van der Waals surface area contributed by atoms with Crippen molar-refractivity contribution in [2.75, 3.05) is 88.8 Å². The first kappa shape index (κ1) is 63.6. The van der Waals surface area contributed by atoms with Crippen molar-refractivity contribution in [3.63, 3.8) is 0 Å². The molecule has 0 aromatic heterocycles. The summed E-state index contributed by atoms with van der Waals surface area (Å²) in [5.41, 5.74) is 5.73. The second kappa shape index (κ2) is 25.3. The van der Waals surface area contributed by atoms with Crippen LogP contribution >= 0.6 is 23.2 Å². The van der Waals surface area contributed by atoms with Gasteiger partial charge in [0, 0.05) is 58.2 Å². The van der Waals surface area contributed by atoms with E-state index in [9.17, 15) is 26.4 Å². The molecular formula is C70H86Cl2N4O12S2. The molecule has 4 fully saturated rings. The molecule has 14 rings (SSSR count). The number of ether oxygens (including phenoxy) is 6. The molecule has 0 unspecified atom stereocenters. The van der Waals surface area contributed by atoms with Gasteiger partial charge < -0.3 is 38.2 Å². The van der Waals surface area contributed by atoms with Gasteiger partial charge in [0.15, 0.2) is 0 Å². The molecule has 2 saturated heterocycles. The molecule has 4 aliphatic carbocycles. The van der Waals surface area contributed by atoms with Gasteiger partial charge in [0.05, 0.1) is 74.7 Å². The normalized spacial score (nSPS) is 35.3. The van der Waals surface area contributed by atoms with Gasteiger partial charge in [0.2, 0.25) is 20.0 Å². The average molecular weight is 1310 g/mol. The molecular weight excluding hydrogens is 1220 g/mol. The molecule has 2 amide bonds. The quantitative estimate of drug-likeness (QED) is 0.158. The van der Waals surface area contributed by atoms with Gasteiger partial charge in [-0.25, -0.2) is 26.3 Å². The number of nitrogens with zero attached hydrogens (tertiary/aromatic N) is 2. The van der Waals surface area contributed by atoms with Crippen LogP contribution in [0.25, 0.3) is 0 Å². The zero-order chi connectivity index (χ0) is 62.8. The van der Waals surface area contributed by atoms with E-state index in [1.807, 2.05) is 50.2 Å². The maximum Gasteiger partial charge on any atom is 0.264 e. The second-order valence-corrected chi connectivity index (χ2v) is 32.7. The van der Waals surface area contributed by atoms with Crippen LogP contribution in [0.15, 0.2) is 97.1 Å². The second-order valence-electron chi connectivity index (χ2n) is 27.8. The Morgan fingerprint density at radius 2 is 0.967 bits per heavy atom. The van der Waals surface area contributed by atoms with Crippen molar-refractivity contribution < 1.29 is 54.8 Å². The number of allylic oxidation sites excluding steroid dienone is 2. The topological polar surface area (TPSA) is 188 Å². The third kappa shape index (κ3) is 12.2. The fourth-order valence-electron chi connectivity index (χ4n) is 16.5. The third-order valence-corrected chi connectivity index (χ3v) is 26.6. The van der Waals surface area contributed by atoms with Crippen LogP contribution in [0.5, 0.6) is 11.5 Å². The number of benzene rings is 4. The SMILES string of the molecule is C[C@@H]1[C@@H](C)C/C=C/[C@@]2(COCCO2)[C@@H]2CC[C@H]2CN2C[C@@]3(CCCc4cc(Cl)ccc43)COc3ccc(cc32)C(=O)NS1(=O)=O.C[C@@H]1[C@@H](C)C/C=C/[C@]2(COCCO2)[C@@H]2CC[C@H]2CN2C[C@@]3(CCCc4cc(Cl)ccc43)COc3ccc(cc32)C(=O)NS1(=O)=O. The number of fused-ring (bicyclic) bond motifs is 10. The molecule has 6 aliphatic heterocycles. The Morgan fingerprint density at radius 1 is 0.533 bits per heavy atom. The molecule has 4 aromatic carbocycles. The highest BCUT2D eigenvalue weighted by atomic mass is 35.5. The lowest BCUT2D eigenvalue weighted by Gasteiger charge is -2.52. The fourth-order valence-corrected chi connectivity index (χ4v) is 19.4. The Bertz CT molecular complexity index is 3450. The summed E-state index contributed by atoms with van der Waals surface area (Å²) < 4.78 is 96.6. The number of carbonyl (C=O) groups excluding carboxylic acids is 2. The lowest BCUT2D eigenvalue weighted by Crippen LogP contribution is -2.56. The van der Waals surface area contributed by atoms with E-state index in [2.05, 4.69) is 67.8 Å². The van der Waals surface area contributed by atoms with Crippen LogP contribution in [0.1, 0.15) is 135 Å². The first-order valence-corrected chi connectivity index (χ1v) is 36.6. The van der Waals surface area contributed by atoms with Crippen molar-refractivity contribution >= 4 is 66.4 Å². The standard InChI is InChI=1S/2C35H43ClN2O6S/c2*1-23-5-3-14-35(22-42-15-16-44-35)30-10-7-27(30)19-38-20-34(13-4-6-25-17-28(36)9-11-29(25)34)21-43-32-12-8-26(18-31(32)38)33(39)37-45(40,41)24(23)2/h2*3,8-9,11-12,14,17-18,23-24,27,30H,4-7,10,13,15-16,19-22H2,1-2H3,(H,37,39)/b2*14-3+/t23-,24+,27-,30+,34-,35+;23-,24+,27-,30+,34-,35-/m00/s1. The molecule has 90 heavy (non-hydrogen) atoms. The molecule has 2 saturated carbocycles. The number of hydrogen-bond donors (Lipinski definition) is 2. The third-order valence-electron chi connectivity index (χ3n) is 22.3. The van der Waals surface area contributed by atoms with E-state index in [1.54, 1.807) is 26.0 Å². The Hall–Kier alpha value is -5.18. The van der Waals surface area contributed by atoms with Gasteiger partial charge >= 0.3 is 0 Å². The zero-order valence-corrected chi connectivity index (χ0v) is 55.3. The van der Waals surface area contributed by atoms with E-state index in [0.29, 0.717) is 100 Å². The highest BCUT2D eigenvalue weighted by Crippen LogP contribution is 2.52. The molecule has 20 heteroatoms. The number of halogens is 2. The van der Waals surface area contributed by atoms with E-state index in [4.69, 9.17) is 51.6 Å². The van der Waals surface area contributed by atoms with Gasteiger partial charge in [-0.2, -0.15) is 0 Å². The van der Waals surface area contributed by atoms with Crippen molar-refractivity contribution in [3.8, 4) is 11.5 Å². The highest BCUT2D eigenvalue weighted by Gasteiger charge is 2.53. The number of carbonyl (C=O) groups is 2. The van der Waals surface area contributed by atoms with Crippen molar-refractivity contribution in [2.45, 2.75) is 137 Å². The number of rotatable bonds is 0. The Balaban J connectivity index is 0.000000165.